The summed E-state index contributed by atoms with van der Waals surface area (Å²) in [5.41, 5.74) is 0.824. The van der Waals surface area contributed by atoms with Crippen LogP contribution in [-0.4, -0.2) is 9.97 Å². The van der Waals surface area contributed by atoms with Crippen LogP contribution in [0, 0.1) is 0 Å². The maximum atomic E-state index is 12.6. The lowest BCUT2D eigenvalue weighted by Crippen LogP contribution is -2.12. The average Bonchev–Trinajstić information content (AvgIpc) is 2.63. The molecule has 25 heavy (non-hydrogen) atoms. The number of benzene rings is 2. The number of halogens is 3. The topological polar surface area (TPSA) is 45.8 Å². The summed E-state index contributed by atoms with van der Waals surface area (Å²) in [7, 11) is 0. The molecule has 1 N–H and O–H groups in total. The molecule has 0 saturated heterocycles. The van der Waals surface area contributed by atoms with Gasteiger partial charge in [-0.1, -0.05) is 56.3 Å². The predicted octanol–water partition coefficient (Wildman–Crippen LogP) is 5.15. The van der Waals surface area contributed by atoms with Gasteiger partial charge >= 0.3 is 11.9 Å². The number of alkyl halides is 3. The third-order valence-corrected chi connectivity index (χ3v) is 3.34. The van der Waals surface area contributed by atoms with Crippen LogP contribution in [0.5, 0.6) is 0 Å². The van der Waals surface area contributed by atoms with Crippen LogP contribution in [0.1, 0.15) is 19.4 Å². The molecule has 0 unspecified atom stereocenters. The van der Waals surface area contributed by atoms with Gasteiger partial charge in [-0.15, -0.1) is 0 Å². The highest BCUT2D eigenvalue weighted by Gasteiger charge is 2.30. The van der Waals surface area contributed by atoms with E-state index in [9.17, 15) is 18.0 Å². The highest BCUT2D eigenvalue weighted by Crippen LogP contribution is 2.30. The number of aromatic nitrogens is 2. The highest BCUT2D eigenvalue weighted by molar-refractivity contribution is 5.67. The second-order valence-electron chi connectivity index (χ2n) is 4.93. The van der Waals surface area contributed by atoms with E-state index >= 15 is 0 Å². The summed E-state index contributed by atoms with van der Waals surface area (Å²) >= 11 is 0. The van der Waals surface area contributed by atoms with Crippen LogP contribution in [0.25, 0.3) is 22.5 Å². The molecule has 0 saturated carbocycles. The Labute approximate surface area is 143 Å². The largest absolute Gasteiger partial charge is 0.416 e. The fourth-order valence-electron chi connectivity index (χ4n) is 2.21. The molecule has 0 fully saturated rings. The van der Waals surface area contributed by atoms with Crippen molar-refractivity contribution in [3.05, 3.63) is 76.7 Å². The number of hydrogen-bond acceptors (Lipinski definition) is 2. The molecule has 130 valence electrons. The number of nitrogens with zero attached hydrogens (tertiary/aromatic N) is 1. The van der Waals surface area contributed by atoms with Gasteiger partial charge in [0.15, 0.2) is 0 Å². The Morgan fingerprint density at radius 2 is 1.48 bits per heavy atom. The molecule has 1 aromatic heterocycles. The second kappa shape index (κ2) is 7.79. The standard InChI is InChI=1S/C17H11F3N2O.C2H6/c18-17(19,20)13-8-6-12(7-9-13)15-10-14(21-16(23)22-15)11-4-2-1-3-5-11;1-2/h1-10H,(H,21,22,23);1-2H3. The summed E-state index contributed by atoms with van der Waals surface area (Å²) in [5, 5.41) is 0. The molecule has 3 rings (SSSR count). The molecule has 3 aromatic rings. The fraction of sp³-hybridized carbons (Fsp3) is 0.158. The van der Waals surface area contributed by atoms with E-state index in [0.717, 1.165) is 17.7 Å². The van der Waals surface area contributed by atoms with E-state index in [0.29, 0.717) is 17.0 Å². The van der Waals surface area contributed by atoms with Crippen LogP contribution >= 0.6 is 0 Å². The molecular formula is C19H17F3N2O. The summed E-state index contributed by atoms with van der Waals surface area (Å²) in [5.74, 6) is 0. The molecule has 0 aliphatic rings. The van der Waals surface area contributed by atoms with Gasteiger partial charge in [0, 0.05) is 5.56 Å². The highest BCUT2D eigenvalue weighted by atomic mass is 19.4. The Bertz CT molecular complexity index is 870. The van der Waals surface area contributed by atoms with Gasteiger partial charge < -0.3 is 4.98 Å². The normalized spacial score (nSPS) is 10.8. The van der Waals surface area contributed by atoms with Gasteiger partial charge in [-0.3, -0.25) is 0 Å². The number of aromatic amines is 1. The first-order chi connectivity index (χ1) is 11.9. The van der Waals surface area contributed by atoms with E-state index in [1.54, 1.807) is 18.2 Å². The van der Waals surface area contributed by atoms with Crippen molar-refractivity contribution in [2.24, 2.45) is 0 Å². The first-order valence-corrected chi connectivity index (χ1v) is 7.78. The monoisotopic (exact) mass is 346 g/mol. The first-order valence-electron chi connectivity index (χ1n) is 7.78. The van der Waals surface area contributed by atoms with Crippen LogP contribution in [-0.2, 0) is 6.18 Å². The van der Waals surface area contributed by atoms with Gasteiger partial charge in [-0.2, -0.15) is 18.2 Å². The van der Waals surface area contributed by atoms with E-state index in [4.69, 9.17) is 0 Å². The molecular weight excluding hydrogens is 329 g/mol. The number of hydrogen-bond donors (Lipinski definition) is 1. The van der Waals surface area contributed by atoms with E-state index in [1.165, 1.54) is 12.1 Å². The van der Waals surface area contributed by atoms with E-state index in [-0.39, 0.29) is 0 Å². The number of nitrogens with one attached hydrogen (secondary N) is 1. The van der Waals surface area contributed by atoms with Crippen LogP contribution in [0.2, 0.25) is 0 Å². The van der Waals surface area contributed by atoms with Crippen molar-refractivity contribution in [3.8, 4) is 22.5 Å². The molecule has 6 heteroatoms. The molecule has 0 radical (unpaired) electrons. The Kier molecular flexibility index (Phi) is 5.75. The minimum atomic E-state index is -4.39. The third kappa shape index (κ3) is 4.56. The van der Waals surface area contributed by atoms with Gasteiger partial charge in [0.25, 0.3) is 0 Å². The Morgan fingerprint density at radius 3 is 2.04 bits per heavy atom. The molecule has 0 spiro atoms. The molecule has 0 aliphatic heterocycles. The molecule has 0 atom stereocenters. The minimum Gasteiger partial charge on any atom is -0.305 e. The molecule has 0 bridgehead atoms. The van der Waals surface area contributed by atoms with Crippen LogP contribution in [0.4, 0.5) is 13.2 Å². The SMILES string of the molecule is CC.O=c1nc(-c2ccccc2)cc(-c2ccc(C(F)(F)F)cc2)[nH]1. The zero-order chi connectivity index (χ0) is 18.4. The first kappa shape index (κ1) is 18.4. The lowest BCUT2D eigenvalue weighted by atomic mass is 10.1. The Morgan fingerprint density at radius 1 is 0.880 bits per heavy atom. The Balaban J connectivity index is 0.00000109. The van der Waals surface area contributed by atoms with Crippen LogP contribution in [0.3, 0.4) is 0 Å². The van der Waals surface area contributed by atoms with Crippen molar-refractivity contribution in [1.29, 1.82) is 0 Å². The van der Waals surface area contributed by atoms with Gasteiger partial charge in [0.2, 0.25) is 0 Å². The van der Waals surface area contributed by atoms with Crippen molar-refractivity contribution < 1.29 is 13.2 Å². The van der Waals surface area contributed by atoms with Gasteiger partial charge in [0.1, 0.15) is 0 Å². The molecule has 3 nitrogen and oxygen atoms in total. The zero-order valence-corrected chi connectivity index (χ0v) is 13.8. The lowest BCUT2D eigenvalue weighted by molar-refractivity contribution is -0.137. The van der Waals surface area contributed by atoms with Gasteiger partial charge in [-0.05, 0) is 23.8 Å². The molecule has 0 amide bonds. The maximum absolute atomic E-state index is 12.6. The van der Waals surface area contributed by atoms with E-state index < -0.39 is 17.4 Å². The zero-order valence-electron chi connectivity index (χ0n) is 13.8. The average molecular weight is 346 g/mol. The van der Waals surface area contributed by atoms with Crippen molar-refractivity contribution in [3.63, 3.8) is 0 Å². The predicted molar refractivity (Wildman–Crippen MR) is 92.1 cm³/mol. The summed E-state index contributed by atoms with van der Waals surface area (Å²) in [4.78, 5) is 18.2. The lowest BCUT2D eigenvalue weighted by Gasteiger charge is -2.08. The molecule has 2 aromatic carbocycles. The molecule has 1 heterocycles. The fourth-order valence-corrected chi connectivity index (χ4v) is 2.21. The van der Waals surface area contributed by atoms with Crippen molar-refractivity contribution in [1.82, 2.24) is 9.97 Å². The van der Waals surface area contributed by atoms with Gasteiger partial charge in [0.05, 0.1) is 17.0 Å². The van der Waals surface area contributed by atoms with Crippen molar-refractivity contribution >= 4 is 0 Å². The second-order valence-corrected chi connectivity index (χ2v) is 4.93. The van der Waals surface area contributed by atoms with Crippen LogP contribution in [0.15, 0.2) is 65.5 Å². The summed E-state index contributed by atoms with van der Waals surface area (Å²) in [6, 6.07) is 15.3. The van der Waals surface area contributed by atoms with E-state index in [2.05, 4.69) is 9.97 Å². The molecule has 0 aliphatic carbocycles. The van der Waals surface area contributed by atoms with Crippen molar-refractivity contribution in [2.75, 3.05) is 0 Å². The minimum absolute atomic E-state index is 0.414. The summed E-state index contributed by atoms with van der Waals surface area (Å²) < 4.78 is 37.8. The summed E-state index contributed by atoms with van der Waals surface area (Å²) in [6.07, 6.45) is -4.39. The maximum Gasteiger partial charge on any atom is 0.416 e. The Hall–Kier alpha value is -2.89. The van der Waals surface area contributed by atoms with Crippen LogP contribution < -0.4 is 5.69 Å². The number of rotatable bonds is 2. The third-order valence-electron chi connectivity index (χ3n) is 3.34. The van der Waals surface area contributed by atoms with Gasteiger partial charge in [-0.25, -0.2) is 4.79 Å². The van der Waals surface area contributed by atoms with Crippen molar-refractivity contribution in [2.45, 2.75) is 20.0 Å². The van der Waals surface area contributed by atoms with E-state index in [1.807, 2.05) is 32.0 Å². The quantitative estimate of drug-likeness (QED) is 0.697. The summed E-state index contributed by atoms with van der Waals surface area (Å²) in [6.45, 7) is 4.00. The number of H-pyrrole nitrogens is 1. The smallest absolute Gasteiger partial charge is 0.305 e.